The van der Waals surface area contributed by atoms with Crippen LogP contribution in [0.25, 0.3) is 0 Å². The minimum atomic E-state index is -0.787. The van der Waals surface area contributed by atoms with Crippen molar-refractivity contribution in [2.45, 2.75) is 0 Å². The van der Waals surface area contributed by atoms with Crippen LogP contribution in [-0.4, -0.2) is 37.2 Å². The van der Waals surface area contributed by atoms with Crippen LogP contribution in [0.2, 0.25) is 0 Å². The van der Waals surface area contributed by atoms with Gasteiger partial charge in [0.25, 0.3) is 0 Å². The van der Waals surface area contributed by atoms with Gasteiger partial charge in [-0.1, -0.05) is 0 Å². The van der Waals surface area contributed by atoms with Crippen molar-refractivity contribution in [3.63, 3.8) is 0 Å². The molecule has 0 heterocycles. The Morgan fingerprint density at radius 1 is 0.958 bits per heavy atom. The fourth-order valence-corrected chi connectivity index (χ4v) is 1.82. The Morgan fingerprint density at radius 2 is 1.58 bits per heavy atom. The molecule has 0 spiro atoms. The number of carbonyl (C=O) groups excluding carboxylic acids is 2. The van der Waals surface area contributed by atoms with Gasteiger partial charge in [0.15, 0.2) is 0 Å². The third-order valence-electron chi connectivity index (χ3n) is 3.05. The summed E-state index contributed by atoms with van der Waals surface area (Å²) in [6, 6.07) is 12.8. The number of phenols is 1. The molecule has 2 amide bonds. The predicted molar refractivity (Wildman–Crippen MR) is 88.2 cm³/mol. The van der Waals surface area contributed by atoms with Gasteiger partial charge in [0, 0.05) is 5.69 Å². The summed E-state index contributed by atoms with van der Waals surface area (Å²) in [6.07, 6.45) is 0. The lowest BCUT2D eigenvalue weighted by Gasteiger charge is -2.09. The Balaban J connectivity index is 1.70. The zero-order valence-electron chi connectivity index (χ0n) is 13.1. The second-order valence-corrected chi connectivity index (χ2v) is 4.78. The van der Waals surface area contributed by atoms with Crippen molar-refractivity contribution in [3.8, 4) is 17.2 Å². The lowest BCUT2D eigenvalue weighted by atomic mass is 10.3. The topological polar surface area (TPSA) is 96.9 Å². The number of rotatable bonds is 6. The number of anilines is 1. The molecule has 0 unspecified atom stereocenters. The van der Waals surface area contributed by atoms with E-state index in [1.165, 1.54) is 24.3 Å². The summed E-state index contributed by atoms with van der Waals surface area (Å²) in [5, 5.41) is 14.0. The van der Waals surface area contributed by atoms with Crippen LogP contribution in [0.5, 0.6) is 17.2 Å². The first kappa shape index (κ1) is 17.1. The van der Waals surface area contributed by atoms with E-state index in [2.05, 4.69) is 10.6 Å². The SMILES string of the molecule is COc1ccc(OCCNC(=O)C(=O)Nc2ccc(O)cc2)cc1. The molecule has 0 aliphatic rings. The molecule has 7 heteroatoms. The first-order chi connectivity index (χ1) is 11.6. The van der Waals surface area contributed by atoms with Crippen molar-refractivity contribution in [3.05, 3.63) is 48.5 Å². The molecule has 0 radical (unpaired) electrons. The van der Waals surface area contributed by atoms with Crippen molar-refractivity contribution in [2.24, 2.45) is 0 Å². The smallest absolute Gasteiger partial charge is 0.313 e. The highest BCUT2D eigenvalue weighted by atomic mass is 16.5. The first-order valence-corrected chi connectivity index (χ1v) is 7.23. The van der Waals surface area contributed by atoms with Gasteiger partial charge in [-0.05, 0) is 48.5 Å². The number of ether oxygens (including phenoxy) is 2. The molecule has 0 aliphatic heterocycles. The molecule has 0 bridgehead atoms. The molecular weight excluding hydrogens is 312 g/mol. The molecule has 0 aromatic heterocycles. The monoisotopic (exact) mass is 330 g/mol. The molecule has 2 rings (SSSR count). The maximum Gasteiger partial charge on any atom is 0.313 e. The number of carbonyl (C=O) groups is 2. The van der Waals surface area contributed by atoms with Gasteiger partial charge < -0.3 is 25.2 Å². The maximum absolute atomic E-state index is 11.7. The third-order valence-corrected chi connectivity index (χ3v) is 3.05. The average Bonchev–Trinajstić information content (AvgIpc) is 2.61. The van der Waals surface area contributed by atoms with E-state index < -0.39 is 11.8 Å². The van der Waals surface area contributed by atoms with Crippen molar-refractivity contribution in [1.82, 2.24) is 5.32 Å². The summed E-state index contributed by atoms with van der Waals surface area (Å²) < 4.78 is 10.5. The average molecular weight is 330 g/mol. The van der Waals surface area contributed by atoms with Crippen LogP contribution in [-0.2, 0) is 9.59 Å². The molecule has 24 heavy (non-hydrogen) atoms. The van der Waals surface area contributed by atoms with E-state index in [-0.39, 0.29) is 18.9 Å². The minimum absolute atomic E-state index is 0.0770. The number of phenolic OH excluding ortho intramolecular Hbond substituents is 1. The summed E-state index contributed by atoms with van der Waals surface area (Å²) in [5.41, 5.74) is 0.419. The molecule has 0 aliphatic carbocycles. The first-order valence-electron chi connectivity index (χ1n) is 7.23. The lowest BCUT2D eigenvalue weighted by Crippen LogP contribution is -2.37. The zero-order valence-corrected chi connectivity index (χ0v) is 13.1. The lowest BCUT2D eigenvalue weighted by molar-refractivity contribution is -0.136. The third kappa shape index (κ3) is 5.20. The van der Waals surface area contributed by atoms with E-state index in [4.69, 9.17) is 14.6 Å². The quantitative estimate of drug-likeness (QED) is 0.424. The Kier molecular flexibility index (Phi) is 6.01. The Bertz CT molecular complexity index is 683. The van der Waals surface area contributed by atoms with Gasteiger partial charge in [-0.2, -0.15) is 0 Å². The van der Waals surface area contributed by atoms with Gasteiger partial charge in [-0.15, -0.1) is 0 Å². The van der Waals surface area contributed by atoms with Crippen molar-refractivity contribution in [1.29, 1.82) is 0 Å². The van der Waals surface area contributed by atoms with Crippen LogP contribution < -0.4 is 20.1 Å². The minimum Gasteiger partial charge on any atom is -0.508 e. The van der Waals surface area contributed by atoms with E-state index in [1.807, 2.05) is 0 Å². The van der Waals surface area contributed by atoms with Crippen LogP contribution >= 0.6 is 0 Å². The summed E-state index contributed by atoms with van der Waals surface area (Å²) in [4.78, 5) is 23.4. The highest BCUT2D eigenvalue weighted by molar-refractivity contribution is 6.39. The Morgan fingerprint density at radius 3 is 2.21 bits per heavy atom. The van der Waals surface area contributed by atoms with E-state index in [9.17, 15) is 9.59 Å². The van der Waals surface area contributed by atoms with Gasteiger partial charge >= 0.3 is 11.8 Å². The van der Waals surface area contributed by atoms with Crippen LogP contribution in [0.3, 0.4) is 0 Å². The van der Waals surface area contributed by atoms with Crippen LogP contribution in [0.4, 0.5) is 5.69 Å². The van der Waals surface area contributed by atoms with E-state index in [1.54, 1.807) is 31.4 Å². The van der Waals surface area contributed by atoms with Gasteiger partial charge in [0.1, 0.15) is 23.9 Å². The largest absolute Gasteiger partial charge is 0.508 e. The molecule has 7 nitrogen and oxygen atoms in total. The van der Waals surface area contributed by atoms with E-state index >= 15 is 0 Å². The Labute approximate surface area is 139 Å². The molecule has 0 atom stereocenters. The number of methoxy groups -OCH3 is 1. The number of aromatic hydroxyl groups is 1. The molecule has 126 valence electrons. The van der Waals surface area contributed by atoms with Crippen molar-refractivity contribution >= 4 is 17.5 Å². The summed E-state index contributed by atoms with van der Waals surface area (Å²) in [6.45, 7) is 0.415. The second kappa shape index (κ2) is 8.42. The van der Waals surface area contributed by atoms with Gasteiger partial charge in [0.05, 0.1) is 13.7 Å². The van der Waals surface area contributed by atoms with Gasteiger partial charge in [0.2, 0.25) is 0 Å². The molecule has 2 aromatic carbocycles. The maximum atomic E-state index is 11.7. The van der Waals surface area contributed by atoms with Crippen molar-refractivity contribution < 1.29 is 24.2 Å². The normalized spacial score (nSPS) is 9.88. The van der Waals surface area contributed by atoms with E-state index in [0.29, 0.717) is 11.4 Å². The summed E-state index contributed by atoms with van der Waals surface area (Å²) >= 11 is 0. The number of hydrogen-bond acceptors (Lipinski definition) is 5. The van der Waals surface area contributed by atoms with Crippen molar-refractivity contribution in [2.75, 3.05) is 25.6 Å². The number of benzene rings is 2. The fourth-order valence-electron chi connectivity index (χ4n) is 1.82. The van der Waals surface area contributed by atoms with Gasteiger partial charge in [-0.3, -0.25) is 9.59 Å². The Hall–Kier alpha value is -3.22. The fraction of sp³-hybridized carbons (Fsp3) is 0.176. The van der Waals surface area contributed by atoms with Crippen LogP contribution in [0.15, 0.2) is 48.5 Å². The summed E-state index contributed by atoms with van der Waals surface area (Å²) in [5.74, 6) is -0.111. The van der Waals surface area contributed by atoms with E-state index in [0.717, 1.165) is 5.75 Å². The zero-order chi connectivity index (χ0) is 17.4. The highest BCUT2D eigenvalue weighted by Gasteiger charge is 2.12. The number of nitrogens with one attached hydrogen (secondary N) is 2. The molecule has 0 fully saturated rings. The second-order valence-electron chi connectivity index (χ2n) is 4.78. The molecule has 0 saturated heterocycles. The number of hydrogen-bond donors (Lipinski definition) is 3. The highest BCUT2D eigenvalue weighted by Crippen LogP contribution is 2.16. The standard InChI is InChI=1S/C17H18N2O5/c1-23-14-6-8-15(9-7-14)24-11-10-18-16(21)17(22)19-12-2-4-13(20)5-3-12/h2-9,20H,10-11H2,1H3,(H,18,21)(H,19,22). The van der Waals surface area contributed by atoms with Gasteiger partial charge in [-0.25, -0.2) is 0 Å². The molecule has 3 N–H and O–H groups in total. The molecule has 2 aromatic rings. The molecule has 0 saturated carbocycles. The number of amides is 2. The van der Waals surface area contributed by atoms with Crippen LogP contribution in [0, 0.1) is 0 Å². The molecular formula is C17H18N2O5. The van der Waals surface area contributed by atoms with Crippen LogP contribution in [0.1, 0.15) is 0 Å². The summed E-state index contributed by atoms with van der Waals surface area (Å²) in [7, 11) is 1.58. The predicted octanol–water partition coefficient (Wildman–Crippen LogP) is 1.53.